The van der Waals surface area contributed by atoms with Crippen LogP contribution < -0.4 is 33.3 Å². The van der Waals surface area contributed by atoms with Gasteiger partial charge in [-0.15, -0.1) is 10.2 Å². The fourth-order valence-electron chi connectivity index (χ4n) is 3.15. The Morgan fingerprint density at radius 1 is 1.34 bits per heavy atom. The van der Waals surface area contributed by atoms with E-state index in [-0.39, 0.29) is 17.0 Å². The Morgan fingerprint density at radius 2 is 2.14 bits per heavy atom. The number of fused-ring (bicyclic) bond motifs is 1. The zero-order valence-electron chi connectivity index (χ0n) is 15.2. The van der Waals surface area contributed by atoms with Crippen molar-refractivity contribution in [2.75, 3.05) is 18.8 Å². The Balaban J connectivity index is 1.98. The van der Waals surface area contributed by atoms with Crippen molar-refractivity contribution in [2.24, 2.45) is 21.8 Å². The number of hydrogen-bond donors (Lipinski definition) is 6. The van der Waals surface area contributed by atoms with Gasteiger partial charge in [0, 0.05) is 24.2 Å². The predicted molar refractivity (Wildman–Crippen MR) is 114 cm³/mol. The number of hydrazine groups is 1. The molecule has 3 aromatic rings. The number of aromatic nitrogens is 3. The lowest BCUT2D eigenvalue weighted by Gasteiger charge is -2.27. The van der Waals surface area contributed by atoms with Crippen molar-refractivity contribution < 1.29 is 4.21 Å². The molecule has 13 heteroatoms. The van der Waals surface area contributed by atoms with Gasteiger partial charge in [-0.25, -0.2) is 15.9 Å². The molecule has 0 radical (unpaired) electrons. The third-order valence-corrected chi connectivity index (χ3v) is 7.10. The first-order chi connectivity index (χ1) is 14.0. The van der Waals surface area contributed by atoms with E-state index in [9.17, 15) is 4.21 Å². The SMILES string of the molecule is NN/N=C(\N)c1c(-c2cccc3nc(N)nn23)ccc(S(=O)C2CNC2)c1SN. The molecule has 0 saturated carbocycles. The van der Waals surface area contributed by atoms with E-state index in [0.29, 0.717) is 45.3 Å². The maximum absolute atomic E-state index is 13.0. The van der Waals surface area contributed by atoms with Crippen LogP contribution in [0.2, 0.25) is 0 Å². The molecule has 1 aromatic carbocycles. The molecule has 3 heterocycles. The fraction of sp³-hybridized carbons (Fsp3) is 0.188. The Hall–Kier alpha value is -2.71. The molecule has 4 rings (SSSR count). The lowest BCUT2D eigenvalue weighted by molar-refractivity contribution is 0.525. The lowest BCUT2D eigenvalue weighted by atomic mass is 10.0. The summed E-state index contributed by atoms with van der Waals surface area (Å²) >= 11 is 0.963. The Kier molecular flexibility index (Phi) is 5.38. The first kappa shape index (κ1) is 19.6. The fourth-order valence-corrected chi connectivity index (χ4v) is 5.44. The molecule has 0 spiro atoms. The molecule has 29 heavy (non-hydrogen) atoms. The van der Waals surface area contributed by atoms with Crippen LogP contribution in [0, 0.1) is 0 Å². The van der Waals surface area contributed by atoms with E-state index in [4.69, 9.17) is 22.4 Å². The second kappa shape index (κ2) is 7.96. The molecule has 0 bridgehead atoms. The molecule has 2 aromatic heterocycles. The summed E-state index contributed by atoms with van der Waals surface area (Å²) in [7, 11) is -1.25. The number of hydrogen-bond acceptors (Lipinski definition) is 10. The van der Waals surface area contributed by atoms with Gasteiger partial charge >= 0.3 is 0 Å². The van der Waals surface area contributed by atoms with E-state index < -0.39 is 10.8 Å². The number of nitrogen functional groups attached to an aromatic ring is 1. The third kappa shape index (κ3) is 3.42. The number of anilines is 1. The molecule has 1 aliphatic rings. The second-order valence-corrected chi connectivity index (χ2v) is 8.63. The highest BCUT2D eigenvalue weighted by Crippen LogP contribution is 2.35. The number of rotatable bonds is 6. The Morgan fingerprint density at radius 3 is 2.79 bits per heavy atom. The minimum atomic E-state index is -1.25. The van der Waals surface area contributed by atoms with Crippen molar-refractivity contribution in [3.05, 3.63) is 35.9 Å². The first-order valence-electron chi connectivity index (χ1n) is 8.61. The molecular weight excluding hydrogens is 412 g/mol. The van der Waals surface area contributed by atoms with Crippen molar-refractivity contribution in [3.8, 4) is 11.3 Å². The maximum Gasteiger partial charge on any atom is 0.240 e. The minimum absolute atomic E-state index is 0.0175. The molecular formula is C16H20N10OS2. The summed E-state index contributed by atoms with van der Waals surface area (Å²) in [6, 6.07) is 9.08. The summed E-state index contributed by atoms with van der Waals surface area (Å²) in [6.07, 6.45) is 0. The summed E-state index contributed by atoms with van der Waals surface area (Å²) < 4.78 is 14.6. The summed E-state index contributed by atoms with van der Waals surface area (Å²) in [6.45, 7) is 1.37. The van der Waals surface area contributed by atoms with Gasteiger partial charge in [-0.1, -0.05) is 12.1 Å². The average molecular weight is 433 g/mol. The number of nitrogens with zero attached hydrogens (tertiary/aromatic N) is 4. The number of pyridine rings is 1. The molecule has 1 unspecified atom stereocenters. The van der Waals surface area contributed by atoms with Crippen LogP contribution in [0.3, 0.4) is 0 Å². The number of nitrogens with two attached hydrogens (primary N) is 4. The summed E-state index contributed by atoms with van der Waals surface area (Å²) in [5, 5.41) is 17.3. The Bertz CT molecular complexity index is 1120. The van der Waals surface area contributed by atoms with Crippen molar-refractivity contribution in [2.45, 2.75) is 15.0 Å². The Labute approximate surface area is 172 Å². The molecule has 11 nitrogen and oxygen atoms in total. The van der Waals surface area contributed by atoms with Gasteiger partial charge in [-0.05, 0) is 30.1 Å². The highest BCUT2D eigenvalue weighted by Gasteiger charge is 2.29. The quantitative estimate of drug-likeness (QED) is 0.0937. The highest BCUT2D eigenvalue weighted by atomic mass is 32.2. The van der Waals surface area contributed by atoms with Crippen molar-refractivity contribution in [3.63, 3.8) is 0 Å². The van der Waals surface area contributed by atoms with E-state index >= 15 is 0 Å². The molecule has 1 atom stereocenters. The van der Waals surface area contributed by atoms with Crippen LogP contribution in [-0.2, 0) is 10.8 Å². The van der Waals surface area contributed by atoms with Crippen LogP contribution >= 0.6 is 11.9 Å². The standard InChI is InChI=1S/C16H20N10OS2/c17-15(23-25-19)13-9(10-2-1-3-12-22-16(18)24-26(10)12)4-5-11(14(13)28-20)29(27)8-6-21-7-8/h1-5,8,21,25H,6-7,19-20H2,(H2,17,23)(H2,18,24). The third-order valence-electron chi connectivity index (χ3n) is 4.60. The largest absolute Gasteiger partial charge is 0.382 e. The van der Waals surface area contributed by atoms with Gasteiger partial charge in [-0.2, -0.15) is 4.98 Å². The zero-order valence-corrected chi connectivity index (χ0v) is 16.8. The van der Waals surface area contributed by atoms with Crippen LogP contribution in [0.4, 0.5) is 5.95 Å². The van der Waals surface area contributed by atoms with Gasteiger partial charge in [0.15, 0.2) is 11.5 Å². The van der Waals surface area contributed by atoms with Crippen molar-refractivity contribution >= 4 is 40.2 Å². The molecule has 1 aliphatic heterocycles. The molecule has 10 N–H and O–H groups in total. The van der Waals surface area contributed by atoms with E-state index in [1.54, 1.807) is 16.6 Å². The smallest absolute Gasteiger partial charge is 0.240 e. The molecule has 152 valence electrons. The van der Waals surface area contributed by atoms with Gasteiger partial charge in [-0.3, -0.25) is 9.35 Å². The molecule has 1 saturated heterocycles. The monoisotopic (exact) mass is 432 g/mol. The number of nitrogens with one attached hydrogen (secondary N) is 2. The van der Waals surface area contributed by atoms with Gasteiger partial charge in [0.25, 0.3) is 0 Å². The topological polar surface area (TPSA) is 188 Å². The van der Waals surface area contributed by atoms with E-state index in [0.717, 1.165) is 11.9 Å². The summed E-state index contributed by atoms with van der Waals surface area (Å²) in [5.41, 5.74) is 16.6. The summed E-state index contributed by atoms with van der Waals surface area (Å²) in [4.78, 5) is 5.36. The predicted octanol–water partition coefficient (Wildman–Crippen LogP) is -0.893. The van der Waals surface area contributed by atoms with Gasteiger partial charge < -0.3 is 16.8 Å². The number of benzene rings is 1. The molecule has 0 aliphatic carbocycles. The highest BCUT2D eigenvalue weighted by molar-refractivity contribution is 7.98. The normalized spacial score (nSPS) is 16.0. The number of hydrazone groups is 1. The van der Waals surface area contributed by atoms with Crippen LogP contribution in [0.15, 0.2) is 45.2 Å². The van der Waals surface area contributed by atoms with E-state index in [1.807, 2.05) is 18.2 Å². The van der Waals surface area contributed by atoms with Crippen LogP contribution in [0.5, 0.6) is 0 Å². The lowest BCUT2D eigenvalue weighted by Crippen LogP contribution is -2.49. The van der Waals surface area contributed by atoms with E-state index in [1.165, 1.54) is 0 Å². The molecule has 1 fully saturated rings. The number of amidine groups is 1. The van der Waals surface area contributed by atoms with Crippen LogP contribution in [-0.4, -0.2) is 43.0 Å². The summed E-state index contributed by atoms with van der Waals surface area (Å²) in [5.74, 6) is 5.60. The van der Waals surface area contributed by atoms with Gasteiger partial charge in [0.05, 0.1) is 31.5 Å². The molecule has 0 amide bonds. The van der Waals surface area contributed by atoms with E-state index in [2.05, 4.69) is 26.0 Å². The van der Waals surface area contributed by atoms with Crippen LogP contribution in [0.25, 0.3) is 16.9 Å². The minimum Gasteiger partial charge on any atom is -0.382 e. The first-order valence-corrected chi connectivity index (χ1v) is 10.7. The second-order valence-electron chi connectivity index (χ2n) is 6.29. The van der Waals surface area contributed by atoms with Crippen LogP contribution in [0.1, 0.15) is 5.56 Å². The van der Waals surface area contributed by atoms with Crippen molar-refractivity contribution in [1.82, 2.24) is 25.4 Å². The van der Waals surface area contributed by atoms with Gasteiger partial charge in [0.1, 0.15) is 0 Å². The van der Waals surface area contributed by atoms with Gasteiger partial charge in [0.2, 0.25) is 5.95 Å². The maximum atomic E-state index is 13.0. The van der Waals surface area contributed by atoms with Crippen molar-refractivity contribution in [1.29, 1.82) is 0 Å². The average Bonchev–Trinajstić information content (AvgIpc) is 3.05. The zero-order chi connectivity index (χ0) is 20.5.